The maximum Gasteiger partial charge on any atom is 0.317 e. The smallest absolute Gasteiger partial charge is 0.317 e. The van der Waals surface area contributed by atoms with Crippen molar-refractivity contribution < 1.29 is 19.1 Å². The van der Waals surface area contributed by atoms with Crippen molar-refractivity contribution in [1.82, 2.24) is 15.1 Å². The van der Waals surface area contributed by atoms with Crippen molar-refractivity contribution in [3.05, 3.63) is 23.3 Å². The van der Waals surface area contributed by atoms with E-state index in [0.29, 0.717) is 43.2 Å². The van der Waals surface area contributed by atoms with Gasteiger partial charge in [0.25, 0.3) is 5.91 Å². The minimum atomic E-state index is -0.0793. The van der Waals surface area contributed by atoms with Crippen LogP contribution in [0.15, 0.2) is 12.1 Å². The zero-order chi connectivity index (χ0) is 18.6. The van der Waals surface area contributed by atoms with E-state index in [0.717, 1.165) is 5.56 Å². The Bertz CT molecular complexity index is 637. The second kappa shape index (κ2) is 8.09. The molecule has 0 radical (unpaired) electrons. The molecule has 0 bridgehead atoms. The van der Waals surface area contributed by atoms with Gasteiger partial charge >= 0.3 is 6.03 Å². The van der Waals surface area contributed by atoms with Crippen LogP contribution in [0.5, 0.6) is 11.5 Å². The lowest BCUT2D eigenvalue weighted by Crippen LogP contribution is -2.54. The summed E-state index contributed by atoms with van der Waals surface area (Å²) in [6.45, 7) is 7.81. The van der Waals surface area contributed by atoms with Crippen molar-refractivity contribution >= 4 is 11.9 Å². The standard InChI is InChI=1S/C18H27N3O4/c1-12(2)19-18(23)21-8-6-20(7-9-21)17(22)14-11-16(25-5)15(24-4)10-13(14)3/h10-12H,6-9H2,1-5H3,(H,19,23). The molecule has 1 N–H and O–H groups in total. The second-order valence-corrected chi connectivity index (χ2v) is 6.41. The maximum atomic E-state index is 12.9. The van der Waals surface area contributed by atoms with Crippen LogP contribution in [0, 0.1) is 6.92 Å². The molecule has 1 aliphatic rings. The van der Waals surface area contributed by atoms with Crippen LogP contribution in [0.1, 0.15) is 29.8 Å². The minimum absolute atomic E-state index is 0.0534. The third kappa shape index (κ3) is 4.35. The third-order valence-corrected chi connectivity index (χ3v) is 4.23. The Morgan fingerprint density at radius 2 is 1.52 bits per heavy atom. The molecular weight excluding hydrogens is 322 g/mol. The molecule has 0 spiro atoms. The first-order chi connectivity index (χ1) is 11.9. The fraction of sp³-hybridized carbons (Fsp3) is 0.556. The topological polar surface area (TPSA) is 71.1 Å². The molecule has 25 heavy (non-hydrogen) atoms. The number of rotatable bonds is 4. The molecule has 138 valence electrons. The van der Waals surface area contributed by atoms with E-state index < -0.39 is 0 Å². The molecule has 1 aromatic rings. The quantitative estimate of drug-likeness (QED) is 0.901. The van der Waals surface area contributed by atoms with Gasteiger partial charge in [-0.25, -0.2) is 4.79 Å². The zero-order valence-corrected chi connectivity index (χ0v) is 15.6. The number of urea groups is 1. The van der Waals surface area contributed by atoms with Gasteiger partial charge in [0.15, 0.2) is 11.5 Å². The number of carbonyl (C=O) groups is 2. The van der Waals surface area contributed by atoms with E-state index in [1.807, 2.05) is 20.8 Å². The summed E-state index contributed by atoms with van der Waals surface area (Å²) in [6.07, 6.45) is 0. The molecule has 0 aliphatic carbocycles. The van der Waals surface area contributed by atoms with E-state index >= 15 is 0 Å². The maximum absolute atomic E-state index is 12.9. The van der Waals surface area contributed by atoms with Gasteiger partial charge in [-0.3, -0.25) is 4.79 Å². The molecular formula is C18H27N3O4. The van der Waals surface area contributed by atoms with Crippen molar-refractivity contribution in [1.29, 1.82) is 0 Å². The van der Waals surface area contributed by atoms with Crippen LogP contribution < -0.4 is 14.8 Å². The monoisotopic (exact) mass is 349 g/mol. The molecule has 1 heterocycles. The van der Waals surface area contributed by atoms with Crippen molar-refractivity contribution in [3.63, 3.8) is 0 Å². The average Bonchev–Trinajstić information content (AvgIpc) is 2.60. The van der Waals surface area contributed by atoms with Crippen LogP contribution in [0.4, 0.5) is 4.79 Å². The minimum Gasteiger partial charge on any atom is -0.493 e. The highest BCUT2D eigenvalue weighted by molar-refractivity contribution is 5.96. The predicted octanol–water partition coefficient (Wildman–Crippen LogP) is 1.89. The van der Waals surface area contributed by atoms with Gasteiger partial charge < -0.3 is 24.6 Å². The number of benzene rings is 1. The summed E-state index contributed by atoms with van der Waals surface area (Å²) in [5.41, 5.74) is 1.43. The highest BCUT2D eigenvalue weighted by atomic mass is 16.5. The Hall–Kier alpha value is -2.44. The first-order valence-electron chi connectivity index (χ1n) is 8.44. The van der Waals surface area contributed by atoms with Gasteiger partial charge in [0.05, 0.1) is 14.2 Å². The number of ether oxygens (including phenoxy) is 2. The van der Waals surface area contributed by atoms with Crippen LogP contribution >= 0.6 is 0 Å². The van der Waals surface area contributed by atoms with Crippen LogP contribution in [-0.4, -0.2) is 68.2 Å². The molecule has 3 amide bonds. The zero-order valence-electron chi connectivity index (χ0n) is 15.6. The number of methoxy groups -OCH3 is 2. The SMILES string of the molecule is COc1cc(C)c(C(=O)N2CCN(C(=O)NC(C)C)CC2)cc1OC. The molecule has 1 aromatic carbocycles. The molecule has 0 atom stereocenters. The molecule has 7 nitrogen and oxygen atoms in total. The molecule has 0 saturated carbocycles. The fourth-order valence-electron chi connectivity index (χ4n) is 2.83. The van der Waals surface area contributed by atoms with E-state index in [1.54, 1.807) is 36.2 Å². The van der Waals surface area contributed by atoms with Gasteiger partial charge in [-0.1, -0.05) is 0 Å². The van der Waals surface area contributed by atoms with Crippen LogP contribution in [0.2, 0.25) is 0 Å². The van der Waals surface area contributed by atoms with Gasteiger partial charge in [-0.15, -0.1) is 0 Å². The lowest BCUT2D eigenvalue weighted by atomic mass is 10.1. The first kappa shape index (κ1) is 18.9. The van der Waals surface area contributed by atoms with E-state index in [4.69, 9.17) is 9.47 Å². The fourth-order valence-corrected chi connectivity index (χ4v) is 2.83. The molecule has 7 heteroatoms. The average molecular weight is 349 g/mol. The number of nitrogens with zero attached hydrogens (tertiary/aromatic N) is 2. The highest BCUT2D eigenvalue weighted by Gasteiger charge is 2.26. The number of amides is 3. The van der Waals surface area contributed by atoms with Gasteiger partial charge in [0.2, 0.25) is 0 Å². The Balaban J connectivity index is 2.07. The molecule has 1 fully saturated rings. The summed E-state index contributed by atoms with van der Waals surface area (Å²) in [5.74, 6) is 1.08. The second-order valence-electron chi connectivity index (χ2n) is 6.41. The lowest BCUT2D eigenvalue weighted by Gasteiger charge is -2.35. The molecule has 1 saturated heterocycles. The van der Waals surface area contributed by atoms with Crippen molar-refractivity contribution in [2.45, 2.75) is 26.8 Å². The number of carbonyl (C=O) groups excluding carboxylic acids is 2. The number of hydrogen-bond acceptors (Lipinski definition) is 4. The summed E-state index contributed by atoms with van der Waals surface area (Å²) in [6, 6.07) is 3.54. The first-order valence-corrected chi connectivity index (χ1v) is 8.44. The number of piperazine rings is 1. The highest BCUT2D eigenvalue weighted by Crippen LogP contribution is 2.31. The van der Waals surface area contributed by atoms with Crippen molar-refractivity contribution in [2.75, 3.05) is 40.4 Å². The van der Waals surface area contributed by atoms with Crippen LogP contribution in [0.25, 0.3) is 0 Å². The molecule has 2 rings (SSSR count). The molecule has 0 aromatic heterocycles. The van der Waals surface area contributed by atoms with E-state index in [9.17, 15) is 9.59 Å². The predicted molar refractivity (Wildman–Crippen MR) is 95.4 cm³/mol. The van der Waals surface area contributed by atoms with Gasteiger partial charge in [0.1, 0.15) is 0 Å². The van der Waals surface area contributed by atoms with Gasteiger partial charge in [-0.05, 0) is 38.5 Å². The van der Waals surface area contributed by atoms with E-state index in [-0.39, 0.29) is 18.0 Å². The normalized spacial score (nSPS) is 14.5. The Kier molecular flexibility index (Phi) is 6.12. The van der Waals surface area contributed by atoms with E-state index in [2.05, 4.69) is 5.32 Å². The summed E-state index contributed by atoms with van der Waals surface area (Å²) in [7, 11) is 3.12. The number of hydrogen-bond donors (Lipinski definition) is 1. The van der Waals surface area contributed by atoms with Gasteiger partial charge in [0, 0.05) is 37.8 Å². The third-order valence-electron chi connectivity index (χ3n) is 4.23. The Morgan fingerprint density at radius 1 is 1.00 bits per heavy atom. The largest absolute Gasteiger partial charge is 0.493 e. The summed E-state index contributed by atoms with van der Waals surface area (Å²) >= 11 is 0. The summed E-state index contributed by atoms with van der Waals surface area (Å²) < 4.78 is 10.6. The lowest BCUT2D eigenvalue weighted by molar-refractivity contribution is 0.0663. The van der Waals surface area contributed by atoms with Crippen LogP contribution in [-0.2, 0) is 0 Å². The van der Waals surface area contributed by atoms with Crippen molar-refractivity contribution in [3.8, 4) is 11.5 Å². The Labute approximate surface area is 148 Å². The van der Waals surface area contributed by atoms with Crippen LogP contribution in [0.3, 0.4) is 0 Å². The molecule has 1 aliphatic heterocycles. The van der Waals surface area contributed by atoms with E-state index in [1.165, 1.54) is 0 Å². The van der Waals surface area contributed by atoms with Gasteiger partial charge in [-0.2, -0.15) is 0 Å². The summed E-state index contributed by atoms with van der Waals surface area (Å²) in [4.78, 5) is 28.4. The summed E-state index contributed by atoms with van der Waals surface area (Å²) in [5, 5.41) is 2.88. The number of nitrogens with one attached hydrogen (secondary N) is 1. The number of aryl methyl sites for hydroxylation is 1. The molecule has 0 unspecified atom stereocenters. The Morgan fingerprint density at radius 3 is 2.04 bits per heavy atom. The van der Waals surface area contributed by atoms with Crippen molar-refractivity contribution in [2.24, 2.45) is 0 Å².